The number of nitrogens with zero attached hydrogens (tertiary/aromatic N) is 3. The number of halogens is 1. The lowest BCUT2D eigenvalue weighted by molar-refractivity contribution is 0.0690. The zero-order chi connectivity index (χ0) is 13.8. The first-order valence-electron chi connectivity index (χ1n) is 5.03. The number of aromatic nitrogens is 2. The van der Waals surface area contributed by atoms with Crippen LogP contribution < -0.4 is 0 Å². The maximum Gasteiger partial charge on any atom is 0.354 e. The summed E-state index contributed by atoms with van der Waals surface area (Å²) in [5, 5.41) is 18.4. The summed E-state index contributed by atoms with van der Waals surface area (Å²) in [5.41, 5.74) is 0.268. The lowest BCUT2D eigenvalue weighted by Crippen LogP contribution is -1.99. The van der Waals surface area contributed by atoms with E-state index in [1.165, 1.54) is 36.3 Å². The highest BCUT2D eigenvalue weighted by Crippen LogP contribution is 2.33. The van der Waals surface area contributed by atoms with Crippen LogP contribution in [0.3, 0.4) is 0 Å². The van der Waals surface area contributed by atoms with Gasteiger partial charge in [0.1, 0.15) is 16.8 Å². The van der Waals surface area contributed by atoms with Crippen molar-refractivity contribution in [3.63, 3.8) is 0 Å². The van der Waals surface area contributed by atoms with Crippen LogP contribution in [-0.4, -0.2) is 21.0 Å². The van der Waals surface area contributed by atoms with Gasteiger partial charge in [-0.25, -0.2) is 14.8 Å². The van der Waals surface area contributed by atoms with Crippen molar-refractivity contribution in [2.75, 3.05) is 0 Å². The predicted molar refractivity (Wildman–Crippen MR) is 69.3 cm³/mol. The minimum atomic E-state index is -1.10. The summed E-state index contributed by atoms with van der Waals surface area (Å²) in [6, 6.07) is 6.54. The number of aromatic carboxylic acids is 1. The minimum Gasteiger partial charge on any atom is -0.477 e. The molecule has 0 radical (unpaired) electrons. The van der Waals surface area contributed by atoms with E-state index in [4.69, 9.17) is 22.0 Å². The molecule has 0 bridgehead atoms. The fourth-order valence-electron chi connectivity index (χ4n) is 1.29. The third kappa shape index (κ3) is 3.02. The van der Waals surface area contributed by atoms with Gasteiger partial charge in [-0.1, -0.05) is 23.4 Å². The van der Waals surface area contributed by atoms with Crippen molar-refractivity contribution in [1.29, 1.82) is 5.26 Å². The molecule has 0 atom stereocenters. The first kappa shape index (κ1) is 13.3. The van der Waals surface area contributed by atoms with Gasteiger partial charge < -0.3 is 5.11 Å². The summed E-state index contributed by atoms with van der Waals surface area (Å²) in [7, 11) is 0. The molecule has 94 valence electrons. The second-order valence-corrected chi connectivity index (χ2v) is 4.81. The van der Waals surface area contributed by atoms with E-state index in [2.05, 4.69) is 9.97 Å². The smallest absolute Gasteiger partial charge is 0.354 e. The molecule has 2 heterocycles. The highest BCUT2D eigenvalue weighted by molar-refractivity contribution is 7.99. The van der Waals surface area contributed by atoms with Crippen molar-refractivity contribution in [2.24, 2.45) is 0 Å². The van der Waals surface area contributed by atoms with Gasteiger partial charge in [0.2, 0.25) is 0 Å². The number of carboxylic acids is 1. The van der Waals surface area contributed by atoms with Gasteiger partial charge in [0.15, 0.2) is 0 Å². The summed E-state index contributed by atoms with van der Waals surface area (Å²) in [6.07, 6.45) is 2.87. The lowest BCUT2D eigenvalue weighted by atomic mass is 10.3. The van der Waals surface area contributed by atoms with Crippen molar-refractivity contribution < 1.29 is 9.90 Å². The number of hydrogen-bond acceptors (Lipinski definition) is 5. The fourth-order valence-corrected chi connectivity index (χ4v) is 2.39. The van der Waals surface area contributed by atoms with Crippen LogP contribution in [0.1, 0.15) is 16.1 Å². The third-order valence-corrected chi connectivity index (χ3v) is 3.63. The number of carboxylic acid groups (broad SMARTS) is 1. The van der Waals surface area contributed by atoms with E-state index in [0.717, 1.165) is 0 Å². The Morgan fingerprint density at radius 1 is 1.37 bits per heavy atom. The van der Waals surface area contributed by atoms with E-state index in [9.17, 15) is 4.79 Å². The van der Waals surface area contributed by atoms with Gasteiger partial charge >= 0.3 is 5.97 Å². The van der Waals surface area contributed by atoms with Crippen molar-refractivity contribution in [3.8, 4) is 6.07 Å². The Bertz CT molecular complexity index is 685. The summed E-state index contributed by atoms with van der Waals surface area (Å²) in [4.78, 5) is 19.2. The average Bonchev–Trinajstić information content (AvgIpc) is 2.41. The normalized spacial score (nSPS) is 9.89. The molecule has 0 spiro atoms. The molecule has 2 aromatic heterocycles. The topological polar surface area (TPSA) is 86.9 Å². The molecule has 19 heavy (non-hydrogen) atoms. The molecule has 1 N–H and O–H groups in total. The molecule has 2 aromatic rings. The van der Waals surface area contributed by atoms with Crippen LogP contribution in [0.4, 0.5) is 0 Å². The summed E-state index contributed by atoms with van der Waals surface area (Å²) >= 11 is 7.20. The number of carbonyl (C=O) groups is 1. The monoisotopic (exact) mass is 291 g/mol. The predicted octanol–water partition coefficient (Wildman–Crippen LogP) is 2.85. The standard InChI is InChI=1S/C12H6ClN3O2S/c13-10-7(6-14)1-3-16-11(10)19-8-2-4-15-9(5-8)12(17)18/h1-5H,(H,17,18). The summed E-state index contributed by atoms with van der Waals surface area (Å²) < 4.78 is 0. The first-order valence-corrected chi connectivity index (χ1v) is 6.23. The first-order chi connectivity index (χ1) is 9.11. The van der Waals surface area contributed by atoms with Crippen molar-refractivity contribution in [3.05, 3.63) is 46.9 Å². The van der Waals surface area contributed by atoms with Crippen molar-refractivity contribution in [1.82, 2.24) is 9.97 Å². The molecule has 0 amide bonds. The van der Waals surface area contributed by atoms with E-state index in [1.54, 1.807) is 6.07 Å². The Balaban J connectivity index is 2.34. The molecule has 7 heteroatoms. The van der Waals surface area contributed by atoms with Crippen molar-refractivity contribution in [2.45, 2.75) is 9.92 Å². The minimum absolute atomic E-state index is 0.0578. The van der Waals surface area contributed by atoms with E-state index in [-0.39, 0.29) is 10.7 Å². The van der Waals surface area contributed by atoms with Crippen LogP contribution in [0.15, 0.2) is 40.5 Å². The van der Waals surface area contributed by atoms with Crippen LogP contribution in [0.2, 0.25) is 5.02 Å². The zero-order valence-corrected chi connectivity index (χ0v) is 10.9. The lowest BCUT2D eigenvalue weighted by Gasteiger charge is -2.04. The van der Waals surface area contributed by atoms with E-state index in [0.29, 0.717) is 15.5 Å². The van der Waals surface area contributed by atoms with Gasteiger partial charge in [0.25, 0.3) is 0 Å². The Labute approximate surface area is 117 Å². The van der Waals surface area contributed by atoms with E-state index < -0.39 is 5.97 Å². The molecule has 0 unspecified atom stereocenters. The molecule has 2 rings (SSSR count). The zero-order valence-electron chi connectivity index (χ0n) is 9.37. The number of hydrogen-bond donors (Lipinski definition) is 1. The molecule has 0 aliphatic carbocycles. The second kappa shape index (κ2) is 5.69. The Kier molecular flexibility index (Phi) is 4.00. The quantitative estimate of drug-likeness (QED) is 0.935. The number of pyridine rings is 2. The van der Waals surface area contributed by atoms with Gasteiger partial charge in [-0.2, -0.15) is 5.26 Å². The van der Waals surface area contributed by atoms with Crippen LogP contribution in [0.5, 0.6) is 0 Å². The summed E-state index contributed by atoms with van der Waals surface area (Å²) in [5.74, 6) is -1.10. The van der Waals surface area contributed by atoms with Crippen LogP contribution in [0, 0.1) is 11.3 Å². The van der Waals surface area contributed by atoms with Gasteiger partial charge in [0.05, 0.1) is 10.6 Å². The molecule has 0 fully saturated rings. The molecular weight excluding hydrogens is 286 g/mol. The van der Waals surface area contributed by atoms with Gasteiger partial charge in [-0.3, -0.25) is 0 Å². The van der Waals surface area contributed by atoms with Gasteiger partial charge in [0, 0.05) is 17.3 Å². The van der Waals surface area contributed by atoms with E-state index >= 15 is 0 Å². The SMILES string of the molecule is N#Cc1ccnc(Sc2ccnc(C(=O)O)c2)c1Cl. The van der Waals surface area contributed by atoms with Gasteiger partial charge in [-0.05, 0) is 18.2 Å². The number of rotatable bonds is 3. The van der Waals surface area contributed by atoms with Crippen LogP contribution in [-0.2, 0) is 0 Å². The largest absolute Gasteiger partial charge is 0.477 e. The number of nitriles is 1. The molecular formula is C12H6ClN3O2S. The molecule has 0 aliphatic rings. The Morgan fingerprint density at radius 2 is 2.11 bits per heavy atom. The Morgan fingerprint density at radius 3 is 2.79 bits per heavy atom. The van der Waals surface area contributed by atoms with E-state index in [1.807, 2.05) is 6.07 Å². The Hall–Kier alpha value is -2.10. The summed E-state index contributed by atoms with van der Waals surface area (Å²) in [6.45, 7) is 0. The highest BCUT2D eigenvalue weighted by atomic mass is 35.5. The average molecular weight is 292 g/mol. The van der Waals surface area contributed by atoms with Crippen LogP contribution in [0.25, 0.3) is 0 Å². The molecule has 0 aromatic carbocycles. The fraction of sp³-hybridized carbons (Fsp3) is 0. The maximum absolute atomic E-state index is 10.8. The molecule has 0 saturated carbocycles. The molecule has 0 saturated heterocycles. The third-order valence-electron chi connectivity index (χ3n) is 2.14. The maximum atomic E-state index is 10.8. The molecule has 5 nitrogen and oxygen atoms in total. The molecule has 0 aliphatic heterocycles. The van der Waals surface area contributed by atoms with Crippen LogP contribution >= 0.6 is 23.4 Å². The van der Waals surface area contributed by atoms with Crippen molar-refractivity contribution >= 4 is 29.3 Å². The highest BCUT2D eigenvalue weighted by Gasteiger charge is 2.11. The second-order valence-electron chi connectivity index (χ2n) is 3.37. The van der Waals surface area contributed by atoms with Gasteiger partial charge in [-0.15, -0.1) is 0 Å².